The van der Waals surface area contributed by atoms with E-state index in [0.29, 0.717) is 24.2 Å². The van der Waals surface area contributed by atoms with E-state index in [1.54, 1.807) is 0 Å². The first-order chi connectivity index (χ1) is 12.6. The van der Waals surface area contributed by atoms with Crippen LogP contribution in [-0.2, 0) is 13.0 Å². The van der Waals surface area contributed by atoms with E-state index in [9.17, 15) is 10.1 Å². The maximum atomic E-state index is 11.6. The second-order valence-corrected chi connectivity index (χ2v) is 6.80. The summed E-state index contributed by atoms with van der Waals surface area (Å²) >= 11 is 1.50. The second-order valence-electron chi connectivity index (χ2n) is 5.86. The van der Waals surface area contributed by atoms with Gasteiger partial charge in [-0.15, -0.1) is 11.3 Å². The van der Waals surface area contributed by atoms with Crippen molar-refractivity contribution in [2.24, 2.45) is 5.73 Å². The number of thiazole rings is 1. The van der Waals surface area contributed by atoms with Crippen molar-refractivity contribution in [1.82, 2.24) is 4.98 Å². The van der Waals surface area contributed by atoms with E-state index in [-0.39, 0.29) is 18.0 Å². The van der Waals surface area contributed by atoms with Gasteiger partial charge in [0.05, 0.1) is 21.2 Å². The summed E-state index contributed by atoms with van der Waals surface area (Å²) in [5, 5.41) is 14.4. The van der Waals surface area contributed by atoms with Gasteiger partial charge < -0.3 is 10.5 Å². The molecule has 3 rings (SSSR count). The summed E-state index contributed by atoms with van der Waals surface area (Å²) in [5.74, 6) is 0.244. The second kappa shape index (κ2) is 8.07. The molecule has 1 aromatic heterocycles. The van der Waals surface area contributed by atoms with Gasteiger partial charge in [0.25, 0.3) is 0 Å². The summed E-state index contributed by atoms with van der Waals surface area (Å²) in [6.45, 7) is 2.58. The van der Waals surface area contributed by atoms with Crippen LogP contribution in [0.5, 0.6) is 5.75 Å². The molecule has 0 saturated heterocycles. The van der Waals surface area contributed by atoms with Crippen LogP contribution in [0, 0.1) is 17.0 Å². The Morgan fingerprint density at radius 3 is 2.73 bits per heavy atom. The summed E-state index contributed by atoms with van der Waals surface area (Å²) < 4.78 is 5.89. The molecule has 0 unspecified atom stereocenters. The third-order valence-corrected chi connectivity index (χ3v) is 4.73. The highest BCUT2D eigenvalue weighted by Gasteiger charge is 2.23. The average Bonchev–Trinajstić information content (AvgIpc) is 3.09. The van der Waals surface area contributed by atoms with Crippen molar-refractivity contribution in [2.45, 2.75) is 20.0 Å². The van der Waals surface area contributed by atoms with Gasteiger partial charge in [-0.05, 0) is 30.7 Å². The number of ether oxygens (including phenoxy) is 1. The number of benzene rings is 2. The molecule has 1 heterocycles. The van der Waals surface area contributed by atoms with E-state index in [4.69, 9.17) is 10.5 Å². The van der Waals surface area contributed by atoms with Gasteiger partial charge in [-0.1, -0.05) is 30.3 Å². The van der Waals surface area contributed by atoms with Gasteiger partial charge in [0.1, 0.15) is 6.61 Å². The minimum absolute atomic E-state index is 0.0516. The Labute approximate surface area is 155 Å². The zero-order valence-corrected chi connectivity index (χ0v) is 15.2. The quantitative estimate of drug-likeness (QED) is 0.500. The van der Waals surface area contributed by atoms with Crippen molar-refractivity contribution in [3.8, 4) is 17.0 Å². The van der Waals surface area contributed by atoms with Gasteiger partial charge in [0, 0.05) is 17.9 Å². The van der Waals surface area contributed by atoms with E-state index in [2.05, 4.69) is 4.98 Å². The molecule has 0 amide bonds. The number of rotatable bonds is 7. The largest absolute Gasteiger partial charge is 0.481 e. The van der Waals surface area contributed by atoms with Crippen LogP contribution in [0.3, 0.4) is 0 Å². The van der Waals surface area contributed by atoms with Crippen LogP contribution in [0.1, 0.15) is 16.1 Å². The van der Waals surface area contributed by atoms with Crippen molar-refractivity contribution >= 4 is 17.0 Å². The molecule has 0 aliphatic carbocycles. The van der Waals surface area contributed by atoms with E-state index < -0.39 is 4.92 Å². The Hall–Kier alpha value is -2.77. The number of nitro groups is 1. The first-order valence-corrected chi connectivity index (χ1v) is 9.07. The van der Waals surface area contributed by atoms with Crippen LogP contribution in [0.15, 0.2) is 47.8 Å². The number of hydrogen-bond donors (Lipinski definition) is 1. The highest BCUT2D eigenvalue weighted by molar-refractivity contribution is 7.09. The smallest absolute Gasteiger partial charge is 0.311 e. The lowest BCUT2D eigenvalue weighted by atomic mass is 10.1. The standard InChI is InChI=1S/C19H19N3O3S/c1-13-9-15(16-12-26-18(21-16)7-8-20)19(17(10-13)22(23)24)25-11-14-5-3-2-4-6-14/h2-6,9-10,12H,7-8,11,20H2,1H3. The van der Waals surface area contributed by atoms with Crippen molar-refractivity contribution in [3.63, 3.8) is 0 Å². The Morgan fingerprint density at radius 1 is 1.27 bits per heavy atom. The molecule has 0 atom stereocenters. The summed E-state index contributed by atoms with van der Waals surface area (Å²) in [6, 6.07) is 13.0. The molecule has 7 heteroatoms. The van der Waals surface area contributed by atoms with Gasteiger partial charge in [0.15, 0.2) is 0 Å². The Balaban J connectivity index is 2.02. The molecule has 6 nitrogen and oxygen atoms in total. The molecule has 26 heavy (non-hydrogen) atoms. The topological polar surface area (TPSA) is 91.3 Å². The Morgan fingerprint density at radius 2 is 2.04 bits per heavy atom. The molecule has 0 bridgehead atoms. The van der Waals surface area contributed by atoms with Crippen molar-refractivity contribution < 1.29 is 9.66 Å². The predicted molar refractivity (Wildman–Crippen MR) is 102 cm³/mol. The molecular weight excluding hydrogens is 350 g/mol. The van der Waals surface area contributed by atoms with Crippen LogP contribution in [0.25, 0.3) is 11.3 Å². The molecule has 0 aliphatic rings. The minimum Gasteiger partial charge on any atom is -0.481 e. The summed E-state index contributed by atoms with van der Waals surface area (Å²) in [5.41, 5.74) is 8.57. The zero-order valence-electron chi connectivity index (χ0n) is 14.3. The van der Waals surface area contributed by atoms with E-state index in [0.717, 1.165) is 16.1 Å². The van der Waals surface area contributed by atoms with Crippen LogP contribution >= 0.6 is 11.3 Å². The highest BCUT2D eigenvalue weighted by atomic mass is 32.1. The van der Waals surface area contributed by atoms with E-state index in [1.165, 1.54) is 17.4 Å². The van der Waals surface area contributed by atoms with Gasteiger partial charge in [-0.25, -0.2) is 4.98 Å². The zero-order chi connectivity index (χ0) is 18.5. The van der Waals surface area contributed by atoms with Gasteiger partial charge in [0.2, 0.25) is 5.75 Å². The fraction of sp³-hybridized carbons (Fsp3) is 0.211. The molecule has 2 N–H and O–H groups in total. The summed E-state index contributed by atoms with van der Waals surface area (Å²) in [6.07, 6.45) is 0.679. The van der Waals surface area contributed by atoms with Gasteiger partial charge in [-0.3, -0.25) is 10.1 Å². The Kier molecular flexibility index (Phi) is 5.60. The summed E-state index contributed by atoms with van der Waals surface area (Å²) in [4.78, 5) is 15.7. The molecule has 0 aliphatic heterocycles. The first-order valence-electron chi connectivity index (χ1n) is 8.19. The Bertz CT molecular complexity index is 910. The fourth-order valence-corrected chi connectivity index (χ4v) is 3.45. The molecule has 0 radical (unpaired) electrons. The highest BCUT2D eigenvalue weighted by Crippen LogP contribution is 2.40. The fourth-order valence-electron chi connectivity index (χ4n) is 2.63. The molecule has 134 valence electrons. The van der Waals surface area contributed by atoms with E-state index in [1.807, 2.05) is 48.7 Å². The predicted octanol–water partition coefficient (Wildman–Crippen LogP) is 4.11. The maximum Gasteiger partial charge on any atom is 0.311 e. The van der Waals surface area contributed by atoms with Crippen LogP contribution in [0.4, 0.5) is 5.69 Å². The average molecular weight is 369 g/mol. The minimum atomic E-state index is -0.413. The molecule has 3 aromatic rings. The number of aryl methyl sites for hydroxylation is 1. The van der Waals surface area contributed by atoms with Crippen molar-refractivity contribution in [1.29, 1.82) is 0 Å². The number of nitrogens with zero attached hydrogens (tertiary/aromatic N) is 2. The lowest BCUT2D eigenvalue weighted by Gasteiger charge is -2.12. The van der Waals surface area contributed by atoms with Crippen LogP contribution in [0.2, 0.25) is 0 Å². The maximum absolute atomic E-state index is 11.6. The van der Waals surface area contributed by atoms with Crippen molar-refractivity contribution in [3.05, 3.63) is 74.1 Å². The van der Waals surface area contributed by atoms with Crippen molar-refractivity contribution in [2.75, 3.05) is 6.54 Å². The number of nitro benzene ring substituents is 1. The molecule has 0 fully saturated rings. The molecule has 0 saturated carbocycles. The number of aromatic nitrogens is 1. The SMILES string of the molecule is Cc1cc(-c2csc(CCN)n2)c(OCc2ccccc2)c([N+](=O)[O-])c1. The third-order valence-electron chi connectivity index (χ3n) is 3.82. The van der Waals surface area contributed by atoms with Gasteiger partial charge >= 0.3 is 5.69 Å². The van der Waals surface area contributed by atoms with Crippen LogP contribution in [-0.4, -0.2) is 16.5 Å². The lowest BCUT2D eigenvalue weighted by Crippen LogP contribution is -2.03. The summed E-state index contributed by atoms with van der Waals surface area (Å²) in [7, 11) is 0. The molecular formula is C19H19N3O3S. The number of hydrogen-bond acceptors (Lipinski definition) is 6. The third kappa shape index (κ3) is 4.07. The monoisotopic (exact) mass is 369 g/mol. The molecule has 0 spiro atoms. The van der Waals surface area contributed by atoms with E-state index >= 15 is 0 Å². The van der Waals surface area contributed by atoms with Crippen LogP contribution < -0.4 is 10.5 Å². The lowest BCUT2D eigenvalue weighted by molar-refractivity contribution is -0.385. The molecule has 2 aromatic carbocycles. The number of nitrogens with two attached hydrogens (primary N) is 1. The first kappa shape index (κ1) is 18.0. The normalized spacial score (nSPS) is 10.7. The van der Waals surface area contributed by atoms with Gasteiger partial charge in [-0.2, -0.15) is 0 Å².